The number of carbonyl (C=O) groups excluding carboxylic acids is 1. The molecule has 7 heteroatoms. The lowest BCUT2D eigenvalue weighted by Crippen LogP contribution is -2.15. The Labute approximate surface area is 150 Å². The van der Waals surface area contributed by atoms with Crippen LogP contribution in [0.25, 0.3) is 10.9 Å². The number of aryl methyl sites for hydroxylation is 3. The van der Waals surface area contributed by atoms with Gasteiger partial charge in [0.25, 0.3) is 0 Å². The standard InChI is InChI=1S/C18H20N4O2S/c1-10-7-17(19-15-8-13(24-4)5-6-14(10)15)25-9-16(23)20-18-11(2)21-22-12(18)3/h5-8H,9H2,1-4H3,(H,20,23)(H,21,22). The van der Waals surface area contributed by atoms with Crippen molar-refractivity contribution in [3.63, 3.8) is 0 Å². The molecule has 130 valence electrons. The second kappa shape index (κ2) is 7.14. The quantitative estimate of drug-likeness (QED) is 0.683. The van der Waals surface area contributed by atoms with Crippen molar-refractivity contribution >= 4 is 34.3 Å². The molecule has 0 saturated carbocycles. The van der Waals surface area contributed by atoms with Gasteiger partial charge in [-0.25, -0.2) is 4.98 Å². The van der Waals surface area contributed by atoms with Crippen molar-refractivity contribution in [3.8, 4) is 5.75 Å². The number of fused-ring (bicyclic) bond motifs is 1. The summed E-state index contributed by atoms with van der Waals surface area (Å²) >= 11 is 1.41. The van der Waals surface area contributed by atoms with Crippen LogP contribution < -0.4 is 10.1 Å². The lowest BCUT2D eigenvalue weighted by Gasteiger charge is -2.08. The number of benzene rings is 1. The molecule has 0 aliphatic heterocycles. The summed E-state index contributed by atoms with van der Waals surface area (Å²) in [6.07, 6.45) is 0. The molecule has 0 unspecified atom stereocenters. The molecule has 0 aliphatic rings. The number of hydrogen-bond acceptors (Lipinski definition) is 5. The maximum Gasteiger partial charge on any atom is 0.234 e. The average molecular weight is 356 g/mol. The van der Waals surface area contributed by atoms with Gasteiger partial charge in [0.15, 0.2) is 0 Å². The van der Waals surface area contributed by atoms with Gasteiger partial charge >= 0.3 is 0 Å². The number of aromatic nitrogens is 3. The average Bonchev–Trinajstić information content (AvgIpc) is 2.91. The molecule has 2 heterocycles. The third-order valence-electron chi connectivity index (χ3n) is 3.94. The van der Waals surface area contributed by atoms with Gasteiger partial charge in [-0.3, -0.25) is 9.89 Å². The van der Waals surface area contributed by atoms with E-state index in [2.05, 4.69) is 20.5 Å². The Morgan fingerprint density at radius 1 is 1.28 bits per heavy atom. The van der Waals surface area contributed by atoms with Gasteiger partial charge in [0.2, 0.25) is 5.91 Å². The summed E-state index contributed by atoms with van der Waals surface area (Å²) in [6, 6.07) is 7.83. The second-order valence-corrected chi connectivity index (χ2v) is 6.80. The first kappa shape index (κ1) is 17.3. The van der Waals surface area contributed by atoms with Crippen LogP contribution in [0.2, 0.25) is 0 Å². The number of anilines is 1. The molecule has 0 atom stereocenters. The van der Waals surface area contributed by atoms with E-state index < -0.39 is 0 Å². The number of H-pyrrole nitrogens is 1. The molecule has 2 N–H and O–H groups in total. The van der Waals surface area contributed by atoms with Crippen molar-refractivity contribution < 1.29 is 9.53 Å². The molecule has 2 aromatic heterocycles. The van der Waals surface area contributed by atoms with Crippen LogP contribution in [0, 0.1) is 20.8 Å². The molecule has 1 amide bonds. The first-order chi connectivity index (χ1) is 12.0. The molecule has 0 aliphatic carbocycles. The van der Waals surface area contributed by atoms with Gasteiger partial charge in [-0.05, 0) is 44.5 Å². The van der Waals surface area contributed by atoms with Crippen LogP contribution in [0.5, 0.6) is 5.75 Å². The number of nitrogens with one attached hydrogen (secondary N) is 2. The van der Waals surface area contributed by atoms with E-state index in [1.54, 1.807) is 7.11 Å². The first-order valence-electron chi connectivity index (χ1n) is 7.87. The first-order valence-corrected chi connectivity index (χ1v) is 8.86. The minimum Gasteiger partial charge on any atom is -0.497 e. The number of amides is 1. The summed E-state index contributed by atoms with van der Waals surface area (Å²) in [5.74, 6) is 0.972. The highest BCUT2D eigenvalue weighted by Crippen LogP contribution is 2.27. The van der Waals surface area contributed by atoms with Gasteiger partial charge in [0.05, 0.1) is 40.5 Å². The zero-order valence-electron chi connectivity index (χ0n) is 14.6. The van der Waals surface area contributed by atoms with Gasteiger partial charge in [-0.2, -0.15) is 5.10 Å². The van der Waals surface area contributed by atoms with Crippen LogP contribution in [-0.4, -0.2) is 34.0 Å². The number of rotatable bonds is 5. The molecule has 0 bridgehead atoms. The normalized spacial score (nSPS) is 10.9. The van der Waals surface area contributed by atoms with Crippen molar-refractivity contribution in [1.82, 2.24) is 15.2 Å². The molecule has 0 spiro atoms. The van der Waals surface area contributed by atoms with E-state index in [0.29, 0.717) is 0 Å². The molecule has 0 saturated heterocycles. The van der Waals surface area contributed by atoms with Gasteiger partial charge in [0, 0.05) is 11.5 Å². The van der Waals surface area contributed by atoms with Crippen molar-refractivity contribution in [1.29, 1.82) is 0 Å². The number of ether oxygens (including phenoxy) is 1. The minimum absolute atomic E-state index is 0.0807. The van der Waals surface area contributed by atoms with Crippen molar-refractivity contribution in [2.75, 3.05) is 18.2 Å². The van der Waals surface area contributed by atoms with E-state index in [-0.39, 0.29) is 11.7 Å². The molecule has 6 nitrogen and oxygen atoms in total. The Balaban J connectivity index is 1.73. The Kier molecular flexibility index (Phi) is 4.94. The van der Waals surface area contributed by atoms with E-state index in [1.165, 1.54) is 11.8 Å². The highest BCUT2D eigenvalue weighted by atomic mass is 32.2. The van der Waals surface area contributed by atoms with Crippen LogP contribution in [0.1, 0.15) is 17.0 Å². The van der Waals surface area contributed by atoms with Crippen LogP contribution >= 0.6 is 11.8 Å². The van der Waals surface area contributed by atoms with E-state index in [4.69, 9.17) is 4.74 Å². The monoisotopic (exact) mass is 356 g/mol. The maximum atomic E-state index is 12.2. The van der Waals surface area contributed by atoms with Gasteiger partial charge < -0.3 is 10.1 Å². The SMILES string of the molecule is COc1ccc2c(C)cc(SCC(=O)Nc3c(C)n[nH]c3C)nc2c1. The number of hydrogen-bond donors (Lipinski definition) is 2. The zero-order valence-corrected chi connectivity index (χ0v) is 15.5. The molecular formula is C18H20N4O2S. The Morgan fingerprint density at radius 2 is 2.08 bits per heavy atom. The third-order valence-corrected chi connectivity index (χ3v) is 4.86. The predicted octanol–water partition coefficient (Wildman–Crippen LogP) is 3.62. The zero-order chi connectivity index (χ0) is 18.0. The molecule has 0 radical (unpaired) electrons. The fraction of sp³-hybridized carbons (Fsp3) is 0.278. The minimum atomic E-state index is -0.0807. The topological polar surface area (TPSA) is 79.9 Å². The molecule has 1 aromatic carbocycles. The largest absolute Gasteiger partial charge is 0.497 e. The molecule has 0 fully saturated rings. The highest BCUT2D eigenvalue weighted by Gasteiger charge is 2.12. The van der Waals surface area contributed by atoms with Crippen LogP contribution in [-0.2, 0) is 4.79 Å². The fourth-order valence-corrected chi connectivity index (χ4v) is 3.38. The summed E-state index contributed by atoms with van der Waals surface area (Å²) in [4.78, 5) is 16.8. The fourth-order valence-electron chi connectivity index (χ4n) is 2.60. The number of pyridine rings is 1. The Hall–Kier alpha value is -2.54. The van der Waals surface area contributed by atoms with Crippen molar-refractivity contribution in [3.05, 3.63) is 41.2 Å². The number of nitrogens with zero attached hydrogens (tertiary/aromatic N) is 2. The summed E-state index contributed by atoms with van der Waals surface area (Å²) in [6.45, 7) is 5.77. The van der Waals surface area contributed by atoms with Crippen molar-refractivity contribution in [2.45, 2.75) is 25.8 Å². The predicted molar refractivity (Wildman–Crippen MR) is 100 cm³/mol. The van der Waals surface area contributed by atoms with E-state index >= 15 is 0 Å². The number of methoxy groups -OCH3 is 1. The molecule has 25 heavy (non-hydrogen) atoms. The number of thioether (sulfide) groups is 1. The second-order valence-electron chi connectivity index (χ2n) is 5.81. The Bertz CT molecular complexity index is 917. The highest BCUT2D eigenvalue weighted by molar-refractivity contribution is 7.99. The Morgan fingerprint density at radius 3 is 2.76 bits per heavy atom. The van der Waals surface area contributed by atoms with E-state index in [9.17, 15) is 4.79 Å². The van der Waals surface area contributed by atoms with Gasteiger partial charge in [0.1, 0.15) is 5.75 Å². The van der Waals surface area contributed by atoms with E-state index in [1.807, 2.05) is 45.0 Å². The number of aromatic amines is 1. The third kappa shape index (κ3) is 3.76. The van der Waals surface area contributed by atoms with Crippen LogP contribution in [0.3, 0.4) is 0 Å². The smallest absolute Gasteiger partial charge is 0.234 e. The molecule has 3 rings (SSSR count). The summed E-state index contributed by atoms with van der Waals surface area (Å²) in [7, 11) is 1.64. The van der Waals surface area contributed by atoms with Crippen LogP contribution in [0.4, 0.5) is 5.69 Å². The summed E-state index contributed by atoms with van der Waals surface area (Å²) in [5, 5.41) is 11.7. The van der Waals surface area contributed by atoms with Gasteiger partial charge in [-0.15, -0.1) is 0 Å². The lowest BCUT2D eigenvalue weighted by atomic mass is 10.1. The lowest BCUT2D eigenvalue weighted by molar-refractivity contribution is -0.113. The van der Waals surface area contributed by atoms with Crippen LogP contribution in [0.15, 0.2) is 29.3 Å². The molecule has 3 aromatic rings. The summed E-state index contributed by atoms with van der Waals surface area (Å²) in [5.41, 5.74) is 4.36. The van der Waals surface area contributed by atoms with E-state index in [0.717, 1.165) is 44.3 Å². The van der Waals surface area contributed by atoms with Gasteiger partial charge in [-0.1, -0.05) is 11.8 Å². The number of carbonyl (C=O) groups is 1. The maximum absolute atomic E-state index is 12.2. The molecular weight excluding hydrogens is 336 g/mol. The summed E-state index contributed by atoms with van der Waals surface area (Å²) < 4.78 is 5.26. The van der Waals surface area contributed by atoms with Crippen molar-refractivity contribution in [2.24, 2.45) is 0 Å².